The van der Waals surface area contributed by atoms with Gasteiger partial charge in [0, 0.05) is 0 Å². The minimum Gasteiger partial charge on any atom is -0.493 e. The lowest BCUT2D eigenvalue weighted by molar-refractivity contribution is -0.160. The molecule has 0 bridgehead atoms. The van der Waals surface area contributed by atoms with Gasteiger partial charge in [-0.2, -0.15) is 13.2 Å². The maximum Gasteiger partial charge on any atom is 0.391 e. The SMILES string of the molecule is CC(C)COc1ccc(C(C)(C)C(=O)NC(CC(F)(F)F)C(=O)O)cc1. The van der Waals surface area contributed by atoms with E-state index in [1.807, 2.05) is 19.2 Å². The van der Waals surface area contributed by atoms with Gasteiger partial charge < -0.3 is 15.2 Å². The van der Waals surface area contributed by atoms with Gasteiger partial charge in [-0.1, -0.05) is 26.0 Å². The van der Waals surface area contributed by atoms with Crippen LogP contribution in [0.25, 0.3) is 0 Å². The van der Waals surface area contributed by atoms with Crippen molar-refractivity contribution in [2.45, 2.75) is 51.7 Å². The maximum absolute atomic E-state index is 12.5. The molecule has 5 nitrogen and oxygen atoms in total. The lowest BCUT2D eigenvalue weighted by atomic mass is 9.83. The Kier molecular flexibility index (Phi) is 7.06. The number of alkyl halides is 3. The van der Waals surface area contributed by atoms with Crippen molar-refractivity contribution in [3.8, 4) is 5.75 Å². The van der Waals surface area contributed by atoms with Gasteiger partial charge in [0.15, 0.2) is 0 Å². The summed E-state index contributed by atoms with van der Waals surface area (Å²) in [6.07, 6.45) is -6.33. The molecule has 0 radical (unpaired) electrons. The molecule has 0 saturated carbocycles. The van der Waals surface area contributed by atoms with Crippen molar-refractivity contribution in [3.05, 3.63) is 29.8 Å². The second-order valence-electron chi connectivity index (χ2n) is 7.04. The van der Waals surface area contributed by atoms with Crippen LogP contribution in [0.2, 0.25) is 0 Å². The number of hydrogen-bond donors (Lipinski definition) is 2. The van der Waals surface area contributed by atoms with E-state index in [0.717, 1.165) is 0 Å². The number of halogens is 3. The summed E-state index contributed by atoms with van der Waals surface area (Å²) in [5, 5.41) is 10.9. The topological polar surface area (TPSA) is 75.6 Å². The molecular formula is C18H24F3NO4. The van der Waals surface area contributed by atoms with Crippen LogP contribution in [0.3, 0.4) is 0 Å². The van der Waals surface area contributed by atoms with Crippen LogP contribution in [-0.2, 0) is 15.0 Å². The standard InChI is InChI=1S/C18H24F3NO4/c1-11(2)10-26-13-7-5-12(6-8-13)17(3,4)16(25)22-14(15(23)24)9-18(19,20)21/h5-8,11,14H,9-10H2,1-4H3,(H,22,25)(H,23,24). The normalized spacial score (nSPS) is 13.4. The Morgan fingerprint density at radius 3 is 2.12 bits per heavy atom. The van der Waals surface area contributed by atoms with Crippen molar-refractivity contribution in [2.75, 3.05) is 6.61 Å². The summed E-state index contributed by atoms with van der Waals surface area (Å²) in [6.45, 7) is 7.56. The van der Waals surface area contributed by atoms with Crippen LogP contribution in [0.1, 0.15) is 39.7 Å². The van der Waals surface area contributed by atoms with Crippen LogP contribution < -0.4 is 10.1 Å². The Balaban J connectivity index is 2.87. The van der Waals surface area contributed by atoms with Gasteiger partial charge in [-0.25, -0.2) is 4.79 Å². The van der Waals surface area contributed by atoms with E-state index in [9.17, 15) is 22.8 Å². The Morgan fingerprint density at radius 2 is 1.69 bits per heavy atom. The van der Waals surface area contributed by atoms with Crippen LogP contribution in [-0.4, -0.2) is 35.8 Å². The molecule has 8 heteroatoms. The largest absolute Gasteiger partial charge is 0.493 e. The first-order chi connectivity index (χ1) is 11.8. The van der Waals surface area contributed by atoms with Gasteiger partial charge in [0.05, 0.1) is 18.4 Å². The minimum atomic E-state index is -4.70. The molecule has 1 atom stereocenters. The molecule has 0 spiro atoms. The molecule has 0 fully saturated rings. The summed E-state index contributed by atoms with van der Waals surface area (Å²) in [5.41, 5.74) is -0.682. The highest BCUT2D eigenvalue weighted by molar-refractivity contribution is 5.90. The molecule has 1 unspecified atom stereocenters. The average molecular weight is 375 g/mol. The number of rotatable bonds is 8. The summed E-state index contributed by atoms with van der Waals surface area (Å²) >= 11 is 0. The molecule has 0 aromatic heterocycles. The molecule has 0 heterocycles. The second-order valence-corrected chi connectivity index (χ2v) is 7.04. The van der Waals surface area contributed by atoms with Gasteiger partial charge in [0.1, 0.15) is 11.8 Å². The summed E-state index contributed by atoms with van der Waals surface area (Å²) in [5.74, 6) is -1.58. The van der Waals surface area contributed by atoms with Gasteiger partial charge in [-0.05, 0) is 37.5 Å². The zero-order valence-corrected chi connectivity index (χ0v) is 15.2. The van der Waals surface area contributed by atoms with E-state index >= 15 is 0 Å². The van der Waals surface area contributed by atoms with Crippen molar-refractivity contribution in [3.63, 3.8) is 0 Å². The molecule has 146 valence electrons. The summed E-state index contributed by atoms with van der Waals surface area (Å²) in [4.78, 5) is 23.4. The zero-order chi connectivity index (χ0) is 20.1. The first-order valence-electron chi connectivity index (χ1n) is 8.17. The number of hydrogen-bond acceptors (Lipinski definition) is 3. The van der Waals surface area contributed by atoms with E-state index in [-0.39, 0.29) is 0 Å². The van der Waals surface area contributed by atoms with Crippen molar-refractivity contribution in [1.29, 1.82) is 0 Å². The van der Waals surface area contributed by atoms with Gasteiger partial charge in [-0.3, -0.25) is 4.79 Å². The monoisotopic (exact) mass is 375 g/mol. The van der Waals surface area contributed by atoms with E-state index < -0.39 is 35.9 Å². The van der Waals surface area contributed by atoms with Gasteiger partial charge in [0.2, 0.25) is 5.91 Å². The number of benzene rings is 1. The third-order valence-corrected chi connectivity index (χ3v) is 3.77. The highest BCUT2D eigenvalue weighted by Gasteiger charge is 2.39. The van der Waals surface area contributed by atoms with Crippen molar-refractivity contribution >= 4 is 11.9 Å². The zero-order valence-electron chi connectivity index (χ0n) is 15.2. The number of nitrogens with one attached hydrogen (secondary N) is 1. The van der Waals surface area contributed by atoms with Gasteiger partial charge in [0.25, 0.3) is 0 Å². The molecule has 0 aliphatic carbocycles. The summed E-state index contributed by atoms with van der Waals surface area (Å²) in [6, 6.07) is 4.56. The number of carboxylic acid groups (broad SMARTS) is 1. The van der Waals surface area contributed by atoms with E-state index in [0.29, 0.717) is 23.8 Å². The number of carboxylic acids is 1. The Hall–Kier alpha value is -2.25. The van der Waals surface area contributed by atoms with Crippen LogP contribution in [0.5, 0.6) is 5.75 Å². The van der Waals surface area contributed by atoms with Gasteiger partial charge >= 0.3 is 12.1 Å². The molecule has 1 rings (SSSR count). The van der Waals surface area contributed by atoms with Crippen LogP contribution in [0, 0.1) is 5.92 Å². The Morgan fingerprint density at radius 1 is 1.15 bits per heavy atom. The third-order valence-electron chi connectivity index (χ3n) is 3.77. The van der Waals surface area contributed by atoms with Crippen molar-refractivity contribution < 1.29 is 32.6 Å². The first kappa shape index (κ1) is 21.8. The fraction of sp³-hybridized carbons (Fsp3) is 0.556. The van der Waals surface area contributed by atoms with Crippen molar-refractivity contribution in [1.82, 2.24) is 5.32 Å². The van der Waals surface area contributed by atoms with E-state index in [1.54, 1.807) is 24.3 Å². The van der Waals surface area contributed by atoms with E-state index in [4.69, 9.17) is 9.84 Å². The number of carbonyl (C=O) groups excluding carboxylic acids is 1. The van der Waals surface area contributed by atoms with Crippen LogP contribution in [0.4, 0.5) is 13.2 Å². The smallest absolute Gasteiger partial charge is 0.391 e. The maximum atomic E-state index is 12.5. The molecule has 26 heavy (non-hydrogen) atoms. The molecular weight excluding hydrogens is 351 g/mol. The highest BCUT2D eigenvalue weighted by atomic mass is 19.4. The number of carbonyl (C=O) groups is 2. The van der Waals surface area contributed by atoms with Crippen molar-refractivity contribution in [2.24, 2.45) is 5.92 Å². The fourth-order valence-electron chi connectivity index (χ4n) is 2.13. The average Bonchev–Trinajstić information content (AvgIpc) is 2.51. The Labute approximate surface area is 150 Å². The van der Waals surface area contributed by atoms with E-state index in [2.05, 4.69) is 0 Å². The van der Waals surface area contributed by atoms with E-state index in [1.165, 1.54) is 13.8 Å². The molecule has 1 aromatic rings. The molecule has 2 N–H and O–H groups in total. The van der Waals surface area contributed by atoms with Gasteiger partial charge in [-0.15, -0.1) is 0 Å². The summed E-state index contributed by atoms with van der Waals surface area (Å²) in [7, 11) is 0. The fourth-order valence-corrected chi connectivity index (χ4v) is 2.13. The highest BCUT2D eigenvalue weighted by Crippen LogP contribution is 2.27. The predicted octanol–water partition coefficient (Wildman–Crippen LogP) is 3.52. The molecule has 0 saturated heterocycles. The number of ether oxygens (including phenoxy) is 1. The van der Waals surface area contributed by atoms with Crippen LogP contribution >= 0.6 is 0 Å². The summed E-state index contributed by atoms with van der Waals surface area (Å²) < 4.78 is 43.0. The quantitative estimate of drug-likeness (QED) is 0.729. The Bertz CT molecular complexity index is 624. The molecule has 0 aliphatic heterocycles. The number of aliphatic carboxylic acids is 1. The molecule has 1 aromatic carbocycles. The number of amides is 1. The predicted molar refractivity (Wildman–Crippen MR) is 90.0 cm³/mol. The molecule has 1 amide bonds. The van der Waals surface area contributed by atoms with Crippen LogP contribution in [0.15, 0.2) is 24.3 Å². The first-order valence-corrected chi connectivity index (χ1v) is 8.17. The molecule has 0 aliphatic rings. The lowest BCUT2D eigenvalue weighted by Crippen LogP contribution is -2.49. The minimum absolute atomic E-state index is 0.346. The lowest BCUT2D eigenvalue weighted by Gasteiger charge is -2.27. The third kappa shape index (κ3) is 6.57. The second kappa shape index (κ2) is 8.42.